The first-order chi connectivity index (χ1) is 10.0. The van der Waals surface area contributed by atoms with E-state index in [1.807, 2.05) is 24.3 Å². The minimum atomic E-state index is -4.43. The van der Waals surface area contributed by atoms with Crippen molar-refractivity contribution in [3.63, 3.8) is 0 Å². The third kappa shape index (κ3) is 2.25. The van der Waals surface area contributed by atoms with E-state index in [9.17, 15) is 18.4 Å². The second-order valence-corrected chi connectivity index (χ2v) is 4.61. The Morgan fingerprint density at radius 2 is 1.71 bits per heavy atom. The molecule has 5 heteroatoms. The fourth-order valence-electron chi connectivity index (χ4n) is 2.31. The number of alkyl halides is 3. The zero-order chi connectivity index (χ0) is 15.0. The van der Waals surface area contributed by atoms with Crippen molar-refractivity contribution in [1.29, 1.82) is 5.26 Å². The molecule has 0 aliphatic rings. The second kappa shape index (κ2) is 4.67. The van der Waals surface area contributed by atoms with Crippen LogP contribution in [0.4, 0.5) is 13.2 Å². The number of nitrogens with zero attached hydrogens (tertiary/aromatic N) is 1. The van der Waals surface area contributed by atoms with Crippen molar-refractivity contribution in [2.75, 3.05) is 0 Å². The Bertz CT molecular complexity index is 840. The van der Waals surface area contributed by atoms with Crippen LogP contribution in [-0.4, -0.2) is 4.98 Å². The summed E-state index contributed by atoms with van der Waals surface area (Å²) in [4.78, 5) is 3.02. The van der Waals surface area contributed by atoms with Gasteiger partial charge in [-0.15, -0.1) is 0 Å². The molecular formula is C16H9F3N2. The van der Waals surface area contributed by atoms with Crippen LogP contribution < -0.4 is 0 Å². The van der Waals surface area contributed by atoms with Gasteiger partial charge >= 0.3 is 6.18 Å². The van der Waals surface area contributed by atoms with Crippen LogP contribution in [0.2, 0.25) is 0 Å². The van der Waals surface area contributed by atoms with Gasteiger partial charge in [-0.2, -0.15) is 18.4 Å². The second-order valence-electron chi connectivity index (χ2n) is 4.61. The van der Waals surface area contributed by atoms with Gasteiger partial charge in [-0.3, -0.25) is 0 Å². The molecule has 0 radical (unpaired) electrons. The molecular weight excluding hydrogens is 277 g/mol. The van der Waals surface area contributed by atoms with Crippen molar-refractivity contribution in [1.82, 2.24) is 4.98 Å². The lowest BCUT2D eigenvalue weighted by molar-refractivity contribution is -0.137. The van der Waals surface area contributed by atoms with E-state index in [2.05, 4.69) is 4.98 Å². The summed E-state index contributed by atoms with van der Waals surface area (Å²) >= 11 is 0. The van der Waals surface area contributed by atoms with Crippen LogP contribution in [0.1, 0.15) is 11.1 Å². The number of nitrogens with one attached hydrogen (secondary N) is 1. The van der Waals surface area contributed by atoms with Crippen molar-refractivity contribution in [3.8, 4) is 17.3 Å². The third-order valence-electron chi connectivity index (χ3n) is 3.30. The number of aromatic amines is 1. The lowest BCUT2D eigenvalue weighted by Crippen LogP contribution is -2.04. The molecule has 1 aromatic heterocycles. The van der Waals surface area contributed by atoms with Crippen LogP contribution in [0.5, 0.6) is 0 Å². The van der Waals surface area contributed by atoms with Gasteiger partial charge in [0.25, 0.3) is 0 Å². The molecule has 0 bridgehead atoms. The van der Waals surface area contributed by atoms with Gasteiger partial charge in [-0.05, 0) is 23.8 Å². The lowest BCUT2D eigenvalue weighted by Gasteiger charge is -2.05. The summed E-state index contributed by atoms with van der Waals surface area (Å²) in [5, 5.41) is 9.59. The summed E-state index contributed by atoms with van der Waals surface area (Å²) in [5.41, 5.74) is 1.28. The minimum absolute atomic E-state index is 0.224. The average molecular weight is 286 g/mol. The van der Waals surface area contributed by atoms with Crippen LogP contribution in [-0.2, 0) is 6.18 Å². The Hall–Kier alpha value is -2.74. The molecule has 0 unspecified atom stereocenters. The largest absolute Gasteiger partial charge is 0.416 e. The molecule has 0 amide bonds. The molecule has 104 valence electrons. The highest BCUT2D eigenvalue weighted by Crippen LogP contribution is 2.35. The molecule has 3 aromatic rings. The number of hydrogen-bond acceptors (Lipinski definition) is 1. The molecule has 0 saturated heterocycles. The number of aromatic nitrogens is 1. The van der Waals surface area contributed by atoms with E-state index in [0.717, 1.165) is 17.7 Å². The summed E-state index contributed by atoms with van der Waals surface area (Å²) in [7, 11) is 0. The summed E-state index contributed by atoms with van der Waals surface area (Å²) in [6, 6.07) is 14.4. The van der Waals surface area contributed by atoms with Crippen LogP contribution >= 0.6 is 0 Å². The molecule has 0 fully saturated rings. The molecule has 0 spiro atoms. The van der Waals surface area contributed by atoms with E-state index >= 15 is 0 Å². The van der Waals surface area contributed by atoms with E-state index in [0.29, 0.717) is 11.2 Å². The third-order valence-corrected chi connectivity index (χ3v) is 3.30. The normalized spacial score (nSPS) is 11.5. The highest BCUT2D eigenvalue weighted by atomic mass is 19.4. The molecule has 2 aromatic carbocycles. The fraction of sp³-hybridized carbons (Fsp3) is 0.0625. The predicted octanol–water partition coefficient (Wildman–Crippen LogP) is 4.73. The molecule has 0 atom stereocenters. The maximum Gasteiger partial charge on any atom is 0.416 e. The van der Waals surface area contributed by atoms with Gasteiger partial charge in [0.2, 0.25) is 0 Å². The average Bonchev–Trinajstić information content (AvgIpc) is 2.84. The van der Waals surface area contributed by atoms with Crippen LogP contribution in [0.3, 0.4) is 0 Å². The molecule has 0 aliphatic carbocycles. The molecule has 1 heterocycles. The number of rotatable bonds is 1. The summed E-state index contributed by atoms with van der Waals surface area (Å²) in [6.45, 7) is 0. The van der Waals surface area contributed by atoms with Crippen molar-refractivity contribution in [2.45, 2.75) is 6.18 Å². The van der Waals surface area contributed by atoms with E-state index in [4.69, 9.17) is 0 Å². The number of fused-ring (bicyclic) bond motifs is 1. The Morgan fingerprint density at radius 1 is 1.00 bits per heavy atom. The van der Waals surface area contributed by atoms with E-state index in [1.54, 1.807) is 12.1 Å². The topological polar surface area (TPSA) is 39.6 Å². The van der Waals surface area contributed by atoms with Crippen molar-refractivity contribution in [3.05, 3.63) is 59.7 Å². The van der Waals surface area contributed by atoms with Gasteiger partial charge in [0.05, 0.1) is 16.8 Å². The zero-order valence-corrected chi connectivity index (χ0v) is 10.7. The van der Waals surface area contributed by atoms with Crippen molar-refractivity contribution < 1.29 is 13.2 Å². The lowest BCUT2D eigenvalue weighted by atomic mass is 10.0. The van der Waals surface area contributed by atoms with Crippen LogP contribution in [0.15, 0.2) is 48.5 Å². The molecule has 0 aliphatic heterocycles. The highest BCUT2D eigenvalue weighted by Gasteiger charge is 2.31. The number of H-pyrrole nitrogens is 1. The first-order valence-electron chi connectivity index (χ1n) is 6.19. The Kier molecular flexibility index (Phi) is 2.95. The van der Waals surface area contributed by atoms with Crippen LogP contribution in [0, 0.1) is 11.3 Å². The highest BCUT2D eigenvalue weighted by molar-refractivity contribution is 5.93. The number of hydrogen-bond donors (Lipinski definition) is 1. The summed E-state index contributed by atoms with van der Waals surface area (Å²) in [6.07, 6.45) is -4.43. The van der Waals surface area contributed by atoms with Gasteiger partial charge in [-0.25, -0.2) is 0 Å². The first kappa shape index (κ1) is 13.3. The van der Waals surface area contributed by atoms with Crippen molar-refractivity contribution >= 4 is 10.9 Å². The standard InChI is InChI=1S/C16H9F3N2/c17-16(18,19)11-6-7-14-12(8-11)13(9-20)15(21-14)10-4-2-1-3-5-10/h1-8,21H. The van der Waals surface area contributed by atoms with Crippen molar-refractivity contribution in [2.24, 2.45) is 0 Å². The van der Waals surface area contributed by atoms with E-state index in [1.165, 1.54) is 6.07 Å². The van der Waals surface area contributed by atoms with E-state index < -0.39 is 11.7 Å². The molecule has 21 heavy (non-hydrogen) atoms. The Labute approximate surface area is 118 Å². The quantitative estimate of drug-likeness (QED) is 0.690. The SMILES string of the molecule is N#Cc1c(-c2ccccc2)[nH]c2ccc(C(F)(F)F)cc12. The van der Waals surface area contributed by atoms with Gasteiger partial charge in [0.1, 0.15) is 6.07 Å². The van der Waals surface area contributed by atoms with Crippen LogP contribution in [0.25, 0.3) is 22.2 Å². The summed E-state index contributed by atoms with van der Waals surface area (Å²) in [5.74, 6) is 0. The monoisotopic (exact) mass is 286 g/mol. The van der Waals surface area contributed by atoms with Gasteiger partial charge in [0.15, 0.2) is 0 Å². The maximum atomic E-state index is 12.8. The maximum absolute atomic E-state index is 12.8. The van der Waals surface area contributed by atoms with E-state index in [-0.39, 0.29) is 10.9 Å². The smallest absolute Gasteiger partial charge is 0.353 e. The number of benzene rings is 2. The van der Waals surface area contributed by atoms with Gasteiger partial charge < -0.3 is 4.98 Å². The predicted molar refractivity (Wildman–Crippen MR) is 73.5 cm³/mol. The molecule has 0 saturated carbocycles. The fourth-order valence-corrected chi connectivity index (χ4v) is 2.31. The van der Waals surface area contributed by atoms with Gasteiger partial charge in [0, 0.05) is 10.9 Å². The van der Waals surface area contributed by atoms with Gasteiger partial charge in [-0.1, -0.05) is 30.3 Å². The molecule has 2 nitrogen and oxygen atoms in total. The molecule has 1 N–H and O–H groups in total. The Morgan fingerprint density at radius 3 is 2.33 bits per heavy atom. The number of nitriles is 1. The zero-order valence-electron chi connectivity index (χ0n) is 10.7. The molecule has 3 rings (SSSR count). The Balaban J connectivity index is 2.28. The first-order valence-corrected chi connectivity index (χ1v) is 6.19. The minimum Gasteiger partial charge on any atom is -0.353 e. The number of halogens is 3. The summed E-state index contributed by atoms with van der Waals surface area (Å²) < 4.78 is 38.4.